The molecular weight excluding hydrogens is 1140 g/mol. The second-order valence-electron chi connectivity index (χ2n) is 23.7. The Bertz CT molecular complexity index is 2670. The third kappa shape index (κ3) is 14.5. The summed E-state index contributed by atoms with van der Waals surface area (Å²) in [7, 11) is -16.5. The lowest BCUT2D eigenvalue weighted by molar-refractivity contribution is -0.207. The minimum absolute atomic E-state index is 0.0198. The van der Waals surface area contributed by atoms with E-state index in [0.29, 0.717) is 32.1 Å². The molecule has 5 fully saturated rings. The number of hydrogen-bond donors (Lipinski definition) is 13. The Labute approximate surface area is 467 Å². The lowest BCUT2D eigenvalue weighted by atomic mass is 9.43. The predicted molar refractivity (Wildman–Crippen MR) is 285 cm³/mol. The zero-order valence-electron chi connectivity index (χ0n) is 45.6. The highest BCUT2D eigenvalue weighted by molar-refractivity contribution is 8.13. The lowest BCUT2D eigenvalue weighted by Gasteiger charge is -2.63. The van der Waals surface area contributed by atoms with Crippen molar-refractivity contribution in [2.75, 3.05) is 37.8 Å². The molecule has 4 aliphatic carbocycles. The highest BCUT2D eigenvalue weighted by atomic mass is 32.2. The number of phosphoric acid groups is 3. The number of amides is 2. The molecule has 32 heteroatoms. The van der Waals surface area contributed by atoms with Crippen molar-refractivity contribution in [3.63, 3.8) is 0 Å². The monoisotopic (exact) mass is 1220 g/mol. The number of carbonyl (C=O) groups is 3. The molecule has 0 spiro atoms. The third-order valence-electron chi connectivity index (χ3n) is 18.1. The molecule has 1 aliphatic heterocycles. The van der Waals surface area contributed by atoms with Crippen molar-refractivity contribution in [2.45, 2.75) is 161 Å². The molecule has 4 saturated carbocycles. The molecule has 1 saturated heterocycles. The average Bonchev–Trinajstić information content (AvgIpc) is 4.19. The molecule has 454 valence electrons. The van der Waals surface area contributed by atoms with Crippen LogP contribution in [0.15, 0.2) is 12.7 Å². The summed E-state index contributed by atoms with van der Waals surface area (Å²) in [5.74, 6) is -1.01. The summed E-state index contributed by atoms with van der Waals surface area (Å²) < 4.78 is 62.8. The van der Waals surface area contributed by atoms with Gasteiger partial charge in [0.05, 0.1) is 49.9 Å². The van der Waals surface area contributed by atoms with Gasteiger partial charge in [-0.3, -0.25) is 32.5 Å². The number of imidazole rings is 1. The van der Waals surface area contributed by atoms with Crippen LogP contribution in [0.3, 0.4) is 0 Å². The van der Waals surface area contributed by atoms with E-state index in [1.165, 1.54) is 13.8 Å². The Morgan fingerprint density at radius 1 is 0.925 bits per heavy atom. The number of rotatable bonds is 25. The van der Waals surface area contributed by atoms with Gasteiger partial charge in [0.15, 0.2) is 22.8 Å². The number of phosphoric ester groups is 3. The number of anilines is 1. The molecule has 2 aromatic rings. The first-order valence-electron chi connectivity index (χ1n) is 27.0. The molecular formula is C48H80N7O21P3S. The van der Waals surface area contributed by atoms with Crippen LogP contribution in [0.25, 0.3) is 11.2 Å². The summed E-state index contributed by atoms with van der Waals surface area (Å²) in [5.41, 5.74) is 3.82. The molecule has 7 rings (SSSR count). The van der Waals surface area contributed by atoms with Crippen molar-refractivity contribution in [3.8, 4) is 0 Å². The maximum absolute atomic E-state index is 13.1. The Kier molecular flexibility index (Phi) is 20.7. The Morgan fingerprint density at radius 2 is 1.62 bits per heavy atom. The Morgan fingerprint density at radius 3 is 2.33 bits per heavy atom. The number of nitrogens with two attached hydrogens (primary N) is 1. The Hall–Kier alpha value is -2.60. The van der Waals surface area contributed by atoms with Crippen LogP contribution in [0.2, 0.25) is 0 Å². The van der Waals surface area contributed by atoms with Crippen molar-refractivity contribution >= 4 is 69.1 Å². The van der Waals surface area contributed by atoms with Crippen molar-refractivity contribution in [1.82, 2.24) is 30.2 Å². The van der Waals surface area contributed by atoms with Crippen LogP contribution in [0.1, 0.15) is 112 Å². The van der Waals surface area contributed by atoms with Crippen molar-refractivity contribution in [2.24, 2.45) is 57.7 Å². The van der Waals surface area contributed by atoms with E-state index in [1.807, 2.05) is 0 Å². The smallest absolute Gasteiger partial charge is 0.393 e. The van der Waals surface area contributed by atoms with Crippen LogP contribution in [0, 0.1) is 57.7 Å². The standard InChI is InChI=1S/C48H80N7O21P3S/c1-24(28-8-9-29-36-30(19-34(59)48(28,29)6)47(5)13-11-27(56)17-26(47)18-32(36)58)7-10-31(57)25(2)45(64)80-16-15-50-35(60)12-14-51-43(63)40(62)46(3,4)21-73-79(70,71)76-78(68,69)72-20-33-39(75-77(65,66)67)38(61)44(74-33)55-23-54-37-41(49)52-22-53-42(37)55/h22-34,36,38-40,44,56-59,61-62H,7-21H2,1-6H3,(H,50,60)(H,51,63)(H,68,69)(H,70,71)(H2,49,52,53)(H2,65,66,67)/t24-,25?,26+,27-,28-,29+,30+,31?,32-,33-,34+,36+,38?,39+,40+,44-,47+,48-/m1/s1. The molecule has 14 N–H and O–H groups in total. The van der Waals surface area contributed by atoms with Crippen molar-refractivity contribution < 1.29 is 101 Å². The fraction of sp³-hybridized carbons (Fsp3) is 0.833. The van der Waals surface area contributed by atoms with Crippen LogP contribution >= 0.6 is 35.2 Å². The number of nitrogen functional groups attached to an aromatic ring is 1. The van der Waals surface area contributed by atoms with E-state index in [1.54, 1.807) is 6.92 Å². The van der Waals surface area contributed by atoms with Crippen LogP contribution in [-0.2, 0) is 50.7 Å². The molecule has 0 aromatic carbocycles. The molecule has 0 bridgehead atoms. The molecule has 2 amide bonds. The van der Waals surface area contributed by atoms with E-state index in [9.17, 15) is 78.3 Å². The summed E-state index contributed by atoms with van der Waals surface area (Å²) in [6.45, 7) is 8.57. The van der Waals surface area contributed by atoms with Gasteiger partial charge in [0.25, 0.3) is 0 Å². The van der Waals surface area contributed by atoms with Crippen LogP contribution < -0.4 is 16.4 Å². The quantitative estimate of drug-likeness (QED) is 0.0500. The Balaban J connectivity index is 0.780. The first kappa shape index (κ1) is 65.0. The zero-order chi connectivity index (χ0) is 59.1. The minimum atomic E-state index is -5.62. The van der Waals surface area contributed by atoms with E-state index < -0.39 is 109 Å². The predicted octanol–water partition coefficient (Wildman–Crippen LogP) is 2.04. The van der Waals surface area contributed by atoms with Gasteiger partial charge in [0.2, 0.25) is 11.8 Å². The number of thioether (sulfide) groups is 1. The number of nitrogens with zero attached hydrogens (tertiary/aromatic N) is 4. The van der Waals surface area contributed by atoms with Crippen molar-refractivity contribution in [3.05, 3.63) is 12.7 Å². The number of nitrogens with one attached hydrogen (secondary N) is 2. The number of aromatic nitrogens is 4. The van der Waals surface area contributed by atoms with Gasteiger partial charge in [-0.05, 0) is 104 Å². The maximum Gasteiger partial charge on any atom is 0.481 e. The van der Waals surface area contributed by atoms with Crippen LogP contribution in [0.4, 0.5) is 5.82 Å². The summed E-state index contributed by atoms with van der Waals surface area (Å²) in [6, 6.07) is 0. The van der Waals surface area contributed by atoms with Gasteiger partial charge in [0.1, 0.15) is 36.3 Å². The molecule has 0 radical (unpaired) electrons. The summed E-state index contributed by atoms with van der Waals surface area (Å²) >= 11 is 0.968. The van der Waals surface area contributed by atoms with E-state index in [4.69, 9.17) is 19.5 Å². The third-order valence-corrected chi connectivity index (χ3v) is 22.3. The summed E-state index contributed by atoms with van der Waals surface area (Å²) in [6.07, 6.45) is -2.81. The number of fused-ring (bicyclic) bond motifs is 6. The van der Waals surface area contributed by atoms with E-state index in [0.717, 1.165) is 54.7 Å². The fourth-order valence-corrected chi connectivity index (χ4v) is 17.2. The van der Waals surface area contributed by atoms with Gasteiger partial charge >= 0.3 is 23.5 Å². The number of carbonyl (C=O) groups excluding carboxylic acids is 3. The van der Waals surface area contributed by atoms with Gasteiger partial charge in [-0.15, -0.1) is 0 Å². The minimum Gasteiger partial charge on any atom is -0.393 e. The number of ether oxygens (including phenoxy) is 1. The lowest BCUT2D eigenvalue weighted by Crippen LogP contribution is -2.62. The highest BCUT2D eigenvalue weighted by Crippen LogP contribution is 2.69. The second-order valence-corrected chi connectivity index (χ2v) is 29.0. The maximum atomic E-state index is 13.1. The second kappa shape index (κ2) is 25.5. The number of hydrogen-bond acceptors (Lipinski definition) is 22. The van der Waals surface area contributed by atoms with E-state index in [-0.39, 0.29) is 99.8 Å². The molecule has 80 heavy (non-hydrogen) atoms. The van der Waals surface area contributed by atoms with E-state index in [2.05, 4.69) is 55.2 Å². The van der Waals surface area contributed by atoms with E-state index >= 15 is 0 Å². The van der Waals surface area contributed by atoms with Crippen LogP contribution in [-0.4, -0.2) is 168 Å². The molecule has 3 heterocycles. The first-order chi connectivity index (χ1) is 37.2. The molecule has 5 unspecified atom stereocenters. The first-order valence-corrected chi connectivity index (χ1v) is 32.5. The summed E-state index contributed by atoms with van der Waals surface area (Å²) in [5, 5.41) is 71.6. The van der Waals surface area contributed by atoms with Gasteiger partial charge in [-0.2, -0.15) is 4.31 Å². The highest BCUT2D eigenvalue weighted by Gasteiger charge is 2.66. The molecule has 20 atom stereocenters. The SMILES string of the molecule is CC(C(=O)SCCNC(=O)CCNC(=O)[C@H](O)C(C)(C)COP(=O)(O)OP(=O)(O)OC[C@H]1O[C@@H](n2cnc3c(N)ncnc32)C(O)[C@H]1OP(=O)(O)O)C(O)CC[C@@H](C)[C@H]1CC[C@H]2[C@@H]3[C@H](O)C[C@@H]4C[C@H](O)CC[C@]4(C)[C@H]3C[C@H](O)[C@]12C. The fourth-order valence-electron chi connectivity index (χ4n) is 13.6. The average molecular weight is 1220 g/mol. The van der Waals surface area contributed by atoms with Crippen LogP contribution in [0.5, 0.6) is 0 Å². The normalized spacial score (nSPS) is 34.7. The van der Waals surface area contributed by atoms with Gasteiger partial charge in [-0.25, -0.2) is 28.6 Å². The van der Waals surface area contributed by atoms with Crippen molar-refractivity contribution in [1.29, 1.82) is 0 Å². The summed E-state index contributed by atoms with van der Waals surface area (Å²) in [4.78, 5) is 89.9. The van der Waals surface area contributed by atoms with Gasteiger partial charge in [-0.1, -0.05) is 53.3 Å². The largest absolute Gasteiger partial charge is 0.481 e. The zero-order valence-corrected chi connectivity index (χ0v) is 49.1. The molecule has 2 aromatic heterocycles. The van der Waals surface area contributed by atoms with Gasteiger partial charge < -0.3 is 71.3 Å². The number of aliphatic hydroxyl groups is 6. The topological polar surface area (TPSA) is 445 Å². The molecule has 28 nitrogen and oxygen atoms in total. The molecule has 5 aliphatic rings. The number of aliphatic hydroxyl groups excluding tert-OH is 6. The van der Waals surface area contributed by atoms with Gasteiger partial charge in [0, 0.05) is 30.7 Å².